The molecular formula is C22H21NO4S2. The van der Waals surface area contributed by atoms with Crippen LogP contribution in [0.5, 0.6) is 0 Å². The molecule has 0 fully saturated rings. The average molecular weight is 428 g/mol. The van der Waals surface area contributed by atoms with Crippen molar-refractivity contribution in [3.8, 4) is 0 Å². The summed E-state index contributed by atoms with van der Waals surface area (Å²) in [5.41, 5.74) is 2.13. The zero-order chi connectivity index (χ0) is 20.7. The van der Waals surface area contributed by atoms with Gasteiger partial charge in [-0.1, -0.05) is 60.7 Å². The average Bonchev–Trinajstić information content (AvgIpc) is 2.75. The second-order valence-electron chi connectivity index (χ2n) is 6.30. The van der Waals surface area contributed by atoms with Gasteiger partial charge in [0.05, 0.1) is 15.7 Å². The maximum absolute atomic E-state index is 12.4. The van der Waals surface area contributed by atoms with Crippen LogP contribution in [0.3, 0.4) is 0 Å². The Kier molecular flexibility index (Phi) is 7.09. The molecule has 0 aliphatic heterocycles. The third-order valence-electron chi connectivity index (χ3n) is 4.27. The molecule has 1 atom stereocenters. The Bertz CT molecular complexity index is 1050. The van der Waals surface area contributed by atoms with Crippen LogP contribution in [0.2, 0.25) is 0 Å². The van der Waals surface area contributed by atoms with Crippen LogP contribution in [0.4, 0.5) is 0 Å². The van der Waals surface area contributed by atoms with Crippen LogP contribution >= 0.6 is 11.8 Å². The van der Waals surface area contributed by atoms with Gasteiger partial charge in [-0.15, -0.1) is 11.8 Å². The van der Waals surface area contributed by atoms with E-state index in [4.69, 9.17) is 0 Å². The largest absolute Gasteiger partial charge is 0.478 e. The summed E-state index contributed by atoms with van der Waals surface area (Å²) in [6.45, 7) is 0.268. The lowest BCUT2D eigenvalue weighted by molar-refractivity contribution is 0.0696. The number of carbonyl (C=O) groups is 1. The van der Waals surface area contributed by atoms with Gasteiger partial charge >= 0.3 is 5.97 Å². The van der Waals surface area contributed by atoms with Crippen LogP contribution in [-0.2, 0) is 10.0 Å². The fourth-order valence-electron chi connectivity index (χ4n) is 2.88. The van der Waals surface area contributed by atoms with Crippen LogP contribution in [0.25, 0.3) is 0 Å². The number of hydrogen-bond acceptors (Lipinski definition) is 4. The Morgan fingerprint density at radius 3 is 2.17 bits per heavy atom. The van der Waals surface area contributed by atoms with Gasteiger partial charge in [0, 0.05) is 12.3 Å². The van der Waals surface area contributed by atoms with Crippen molar-refractivity contribution in [3.63, 3.8) is 0 Å². The quantitative estimate of drug-likeness (QED) is 0.501. The van der Waals surface area contributed by atoms with Crippen LogP contribution in [0.1, 0.15) is 26.7 Å². The van der Waals surface area contributed by atoms with Gasteiger partial charge in [0.1, 0.15) is 0 Å². The van der Waals surface area contributed by atoms with E-state index in [2.05, 4.69) is 4.72 Å². The molecule has 0 saturated heterocycles. The predicted octanol–water partition coefficient (Wildman–Crippen LogP) is 4.19. The minimum atomic E-state index is -3.55. The van der Waals surface area contributed by atoms with Gasteiger partial charge in [0.2, 0.25) is 10.0 Å². The molecule has 2 N–H and O–H groups in total. The van der Waals surface area contributed by atoms with Crippen molar-refractivity contribution < 1.29 is 18.3 Å². The van der Waals surface area contributed by atoms with Crippen LogP contribution in [0.15, 0.2) is 89.8 Å². The van der Waals surface area contributed by atoms with Crippen molar-refractivity contribution in [2.75, 3.05) is 12.3 Å². The molecule has 3 aromatic rings. The Morgan fingerprint density at radius 2 is 1.52 bits per heavy atom. The first-order valence-corrected chi connectivity index (χ1v) is 11.5. The molecule has 1 unspecified atom stereocenters. The van der Waals surface area contributed by atoms with E-state index >= 15 is 0 Å². The van der Waals surface area contributed by atoms with Gasteiger partial charge in [-0.05, 0) is 35.4 Å². The summed E-state index contributed by atoms with van der Waals surface area (Å²) in [6, 6.07) is 24.9. The number of nitrogens with one attached hydrogen (secondary N) is 1. The number of sulfonamides is 1. The predicted molar refractivity (Wildman–Crippen MR) is 116 cm³/mol. The molecule has 3 rings (SSSR count). The van der Waals surface area contributed by atoms with Gasteiger partial charge in [-0.25, -0.2) is 17.9 Å². The van der Waals surface area contributed by atoms with Gasteiger partial charge < -0.3 is 5.11 Å². The first-order chi connectivity index (χ1) is 14.0. The highest BCUT2D eigenvalue weighted by Crippen LogP contribution is 2.35. The number of carboxylic acids is 1. The fraction of sp³-hybridized carbons (Fsp3) is 0.136. The molecule has 0 saturated carbocycles. The lowest BCUT2D eigenvalue weighted by atomic mass is 10.0. The standard InChI is InChI=1S/C22H21NO4S2/c24-22(25)19-11-7-10-18(16-19)21(17-8-3-1-4-9-17)28-15-14-23-29(26,27)20-12-5-2-6-13-20/h1-13,16,21,23H,14-15H2,(H,24,25). The molecule has 0 aromatic heterocycles. The molecule has 0 amide bonds. The fourth-order valence-corrected chi connectivity index (χ4v) is 5.21. The first kappa shape index (κ1) is 21.1. The van der Waals surface area contributed by atoms with E-state index < -0.39 is 16.0 Å². The smallest absolute Gasteiger partial charge is 0.335 e. The van der Waals surface area contributed by atoms with Gasteiger partial charge in [0.25, 0.3) is 0 Å². The lowest BCUT2D eigenvalue weighted by Gasteiger charge is -2.18. The molecular weight excluding hydrogens is 406 g/mol. The van der Waals surface area contributed by atoms with Crippen LogP contribution in [0, 0.1) is 0 Å². The normalized spacial score (nSPS) is 12.4. The minimum absolute atomic E-state index is 0.100. The maximum Gasteiger partial charge on any atom is 0.335 e. The number of carboxylic acid groups (broad SMARTS) is 1. The van der Waals surface area contributed by atoms with Gasteiger partial charge in [-0.2, -0.15) is 0 Å². The van der Waals surface area contributed by atoms with Crippen molar-refractivity contribution in [2.24, 2.45) is 0 Å². The highest BCUT2D eigenvalue weighted by Gasteiger charge is 2.17. The second kappa shape index (κ2) is 9.73. The van der Waals surface area contributed by atoms with E-state index in [0.717, 1.165) is 11.1 Å². The number of aromatic carboxylic acids is 1. The van der Waals surface area contributed by atoms with E-state index in [1.807, 2.05) is 36.4 Å². The van der Waals surface area contributed by atoms with Crippen molar-refractivity contribution in [2.45, 2.75) is 10.1 Å². The van der Waals surface area contributed by atoms with Gasteiger partial charge in [0.15, 0.2) is 0 Å². The zero-order valence-electron chi connectivity index (χ0n) is 15.6. The number of hydrogen-bond donors (Lipinski definition) is 2. The number of benzene rings is 3. The van der Waals surface area contributed by atoms with E-state index in [9.17, 15) is 18.3 Å². The van der Waals surface area contributed by atoms with E-state index in [-0.39, 0.29) is 22.3 Å². The number of rotatable bonds is 9. The molecule has 150 valence electrons. The second-order valence-corrected chi connectivity index (χ2v) is 9.28. The third kappa shape index (κ3) is 5.69. The minimum Gasteiger partial charge on any atom is -0.478 e. The first-order valence-electron chi connectivity index (χ1n) is 9.02. The molecule has 0 radical (unpaired) electrons. The molecule has 0 spiro atoms. The van der Waals surface area contributed by atoms with Crippen molar-refractivity contribution >= 4 is 27.8 Å². The molecule has 0 heterocycles. The highest BCUT2D eigenvalue weighted by atomic mass is 32.2. The molecule has 5 nitrogen and oxygen atoms in total. The highest BCUT2D eigenvalue weighted by molar-refractivity contribution is 7.99. The zero-order valence-corrected chi connectivity index (χ0v) is 17.2. The van der Waals surface area contributed by atoms with E-state index in [1.54, 1.807) is 60.3 Å². The maximum atomic E-state index is 12.4. The van der Waals surface area contributed by atoms with Crippen molar-refractivity contribution in [1.82, 2.24) is 4.72 Å². The SMILES string of the molecule is O=C(O)c1cccc(C(SCCNS(=O)(=O)c2ccccc2)c2ccccc2)c1. The summed E-state index contributed by atoms with van der Waals surface area (Å²) < 4.78 is 27.3. The molecule has 0 bridgehead atoms. The Hall–Kier alpha value is -2.61. The topological polar surface area (TPSA) is 83.5 Å². The van der Waals surface area contributed by atoms with Crippen LogP contribution < -0.4 is 4.72 Å². The summed E-state index contributed by atoms with van der Waals surface area (Å²) in [7, 11) is -3.55. The van der Waals surface area contributed by atoms with Gasteiger partial charge in [-0.3, -0.25) is 0 Å². The molecule has 0 aliphatic carbocycles. The molecule has 0 aliphatic rings. The molecule has 29 heavy (non-hydrogen) atoms. The molecule has 7 heteroatoms. The lowest BCUT2D eigenvalue weighted by Crippen LogP contribution is -2.26. The van der Waals surface area contributed by atoms with E-state index in [1.165, 1.54) is 0 Å². The summed E-state index contributed by atoms with van der Waals surface area (Å²) in [4.78, 5) is 11.6. The summed E-state index contributed by atoms with van der Waals surface area (Å²) in [5.74, 6) is -0.442. The van der Waals surface area contributed by atoms with E-state index in [0.29, 0.717) is 5.75 Å². The monoisotopic (exact) mass is 427 g/mol. The molecule has 3 aromatic carbocycles. The Labute approximate surface area is 174 Å². The van der Waals surface area contributed by atoms with Crippen LogP contribution in [-0.4, -0.2) is 31.8 Å². The summed E-state index contributed by atoms with van der Waals surface area (Å²) in [6.07, 6.45) is 0. The summed E-state index contributed by atoms with van der Waals surface area (Å²) >= 11 is 1.56. The Balaban J connectivity index is 1.72. The Morgan fingerprint density at radius 1 is 0.897 bits per heavy atom. The number of thioether (sulfide) groups is 1. The third-order valence-corrected chi connectivity index (χ3v) is 7.07. The van der Waals surface area contributed by atoms with Crippen molar-refractivity contribution in [1.29, 1.82) is 0 Å². The summed E-state index contributed by atoms with van der Waals surface area (Å²) in [5, 5.41) is 9.19. The van der Waals surface area contributed by atoms with Crippen molar-refractivity contribution in [3.05, 3.63) is 102 Å².